The van der Waals surface area contributed by atoms with E-state index < -0.39 is 0 Å². The van der Waals surface area contributed by atoms with Crippen molar-refractivity contribution in [1.29, 1.82) is 0 Å². The Balaban J connectivity index is 2.07. The second-order valence-corrected chi connectivity index (χ2v) is 6.57. The van der Waals surface area contributed by atoms with Gasteiger partial charge in [-0.1, -0.05) is 35.3 Å². The Morgan fingerprint density at radius 3 is 2.43 bits per heavy atom. The molecule has 3 nitrogen and oxygen atoms in total. The van der Waals surface area contributed by atoms with E-state index in [0.29, 0.717) is 15.7 Å². The van der Waals surface area contributed by atoms with Gasteiger partial charge in [0.1, 0.15) is 5.69 Å². The number of aromatic nitrogens is 2. The van der Waals surface area contributed by atoms with Crippen molar-refractivity contribution in [2.75, 3.05) is 5.73 Å². The molecule has 3 aromatic rings. The van der Waals surface area contributed by atoms with Crippen LogP contribution in [0, 0.1) is 3.57 Å². The highest BCUT2D eigenvalue weighted by Gasteiger charge is 2.11. The molecule has 6 heteroatoms. The number of halogens is 3. The number of rotatable bonds is 2. The van der Waals surface area contributed by atoms with E-state index in [-0.39, 0.29) is 0 Å². The molecule has 0 spiro atoms. The van der Waals surface area contributed by atoms with E-state index in [2.05, 4.69) is 27.7 Å². The van der Waals surface area contributed by atoms with Gasteiger partial charge in [-0.15, -0.1) is 0 Å². The molecule has 0 amide bonds. The van der Waals surface area contributed by atoms with Crippen LogP contribution in [0.5, 0.6) is 0 Å². The summed E-state index contributed by atoms with van der Waals surface area (Å²) in [4.78, 5) is 0. The van der Waals surface area contributed by atoms with Crippen molar-refractivity contribution >= 4 is 51.5 Å². The van der Waals surface area contributed by atoms with Gasteiger partial charge in [-0.05, 0) is 52.9 Å². The van der Waals surface area contributed by atoms with Crippen LogP contribution in [-0.2, 0) is 0 Å². The van der Waals surface area contributed by atoms with E-state index in [0.717, 1.165) is 20.5 Å². The predicted octanol–water partition coefficient (Wildman–Crippen LogP) is 5.03. The first kappa shape index (κ1) is 14.7. The van der Waals surface area contributed by atoms with Gasteiger partial charge in [0.2, 0.25) is 0 Å². The largest absolute Gasteiger partial charge is 0.396 e. The van der Waals surface area contributed by atoms with Gasteiger partial charge in [0, 0.05) is 14.2 Å². The molecule has 106 valence electrons. The van der Waals surface area contributed by atoms with E-state index in [9.17, 15) is 0 Å². The molecular formula is C15H10Cl2IN3. The molecule has 0 unspecified atom stereocenters. The summed E-state index contributed by atoms with van der Waals surface area (Å²) in [6, 6.07) is 13.3. The fourth-order valence-electron chi connectivity index (χ4n) is 2.01. The molecule has 0 aliphatic heterocycles. The van der Waals surface area contributed by atoms with E-state index >= 15 is 0 Å². The molecule has 2 N–H and O–H groups in total. The predicted molar refractivity (Wildman–Crippen MR) is 96.1 cm³/mol. The highest BCUT2D eigenvalue weighted by atomic mass is 127. The van der Waals surface area contributed by atoms with Crippen LogP contribution in [0.2, 0.25) is 10.0 Å². The lowest BCUT2D eigenvalue weighted by Gasteiger charge is -2.04. The number of benzene rings is 2. The molecule has 21 heavy (non-hydrogen) atoms. The molecule has 0 fully saturated rings. The first-order valence-electron chi connectivity index (χ1n) is 6.11. The molecule has 0 saturated heterocycles. The molecule has 0 saturated carbocycles. The molecule has 1 heterocycles. The SMILES string of the molecule is Nc1cn(-c2ccc(Cl)cc2Cl)nc1-c1ccc(I)cc1. The molecule has 3 rings (SSSR count). The molecule has 0 aliphatic carbocycles. The Kier molecular flexibility index (Phi) is 4.10. The van der Waals surface area contributed by atoms with E-state index in [1.165, 1.54) is 0 Å². The zero-order chi connectivity index (χ0) is 15.0. The van der Waals surface area contributed by atoms with Crippen LogP contribution in [0.4, 0.5) is 5.69 Å². The molecule has 0 radical (unpaired) electrons. The number of hydrogen-bond acceptors (Lipinski definition) is 2. The van der Waals surface area contributed by atoms with Crippen molar-refractivity contribution in [3.05, 3.63) is 62.3 Å². The van der Waals surface area contributed by atoms with Gasteiger partial charge >= 0.3 is 0 Å². The third-order valence-corrected chi connectivity index (χ3v) is 4.27. The lowest BCUT2D eigenvalue weighted by molar-refractivity contribution is 0.885. The van der Waals surface area contributed by atoms with Crippen molar-refractivity contribution < 1.29 is 0 Å². The monoisotopic (exact) mass is 429 g/mol. The molecule has 0 aliphatic rings. The van der Waals surface area contributed by atoms with Gasteiger partial charge in [-0.25, -0.2) is 4.68 Å². The van der Waals surface area contributed by atoms with Crippen molar-refractivity contribution in [2.45, 2.75) is 0 Å². The zero-order valence-electron chi connectivity index (χ0n) is 10.7. The minimum Gasteiger partial charge on any atom is -0.396 e. The van der Waals surface area contributed by atoms with Crippen LogP contribution in [0.1, 0.15) is 0 Å². The number of nitrogens with zero attached hydrogens (tertiary/aromatic N) is 2. The number of anilines is 1. The molecule has 2 aromatic carbocycles. The van der Waals surface area contributed by atoms with E-state index in [1.54, 1.807) is 23.0 Å². The standard InChI is InChI=1S/C15H10Cl2IN3/c16-10-3-6-14(12(17)7-10)21-8-13(19)15(20-21)9-1-4-11(18)5-2-9/h1-8H,19H2. The lowest BCUT2D eigenvalue weighted by atomic mass is 10.1. The highest BCUT2D eigenvalue weighted by Crippen LogP contribution is 2.29. The second-order valence-electron chi connectivity index (χ2n) is 4.48. The van der Waals surface area contributed by atoms with E-state index in [4.69, 9.17) is 28.9 Å². The van der Waals surface area contributed by atoms with Crippen molar-refractivity contribution in [3.8, 4) is 16.9 Å². The summed E-state index contributed by atoms with van der Waals surface area (Å²) in [5.41, 5.74) is 9.12. The summed E-state index contributed by atoms with van der Waals surface area (Å²) in [5, 5.41) is 5.64. The zero-order valence-corrected chi connectivity index (χ0v) is 14.4. The van der Waals surface area contributed by atoms with Crippen molar-refractivity contribution in [3.63, 3.8) is 0 Å². The Bertz CT molecular complexity index is 797. The Labute approximate surface area is 145 Å². The van der Waals surface area contributed by atoms with Gasteiger partial charge in [0.05, 0.1) is 22.6 Å². The minimum absolute atomic E-state index is 0.527. The summed E-state index contributed by atoms with van der Waals surface area (Å²) in [6.07, 6.45) is 1.75. The quantitative estimate of drug-likeness (QED) is 0.580. The third-order valence-electron chi connectivity index (χ3n) is 3.02. The first-order valence-corrected chi connectivity index (χ1v) is 7.94. The second kappa shape index (κ2) is 5.87. The third kappa shape index (κ3) is 3.02. The van der Waals surface area contributed by atoms with Crippen LogP contribution in [-0.4, -0.2) is 9.78 Å². The minimum atomic E-state index is 0.527. The van der Waals surface area contributed by atoms with Gasteiger partial charge in [-0.2, -0.15) is 5.10 Å². The molecule has 0 bridgehead atoms. The number of hydrogen-bond donors (Lipinski definition) is 1. The molecule has 0 atom stereocenters. The maximum atomic E-state index is 6.21. The first-order chi connectivity index (χ1) is 10.0. The van der Waals surface area contributed by atoms with Crippen molar-refractivity contribution in [2.24, 2.45) is 0 Å². The Hall–Kier alpha value is -1.24. The van der Waals surface area contributed by atoms with Crippen LogP contribution in [0.15, 0.2) is 48.7 Å². The summed E-state index contributed by atoms with van der Waals surface area (Å²) < 4.78 is 2.83. The normalized spacial score (nSPS) is 10.8. The summed E-state index contributed by atoms with van der Waals surface area (Å²) in [6.45, 7) is 0. The number of nitrogen functional groups attached to an aromatic ring is 1. The van der Waals surface area contributed by atoms with Gasteiger partial charge < -0.3 is 5.73 Å². The lowest BCUT2D eigenvalue weighted by Crippen LogP contribution is -1.95. The van der Waals surface area contributed by atoms with E-state index in [1.807, 2.05) is 30.3 Å². The topological polar surface area (TPSA) is 43.8 Å². The maximum Gasteiger partial charge on any atom is 0.116 e. The smallest absolute Gasteiger partial charge is 0.116 e. The van der Waals surface area contributed by atoms with Crippen molar-refractivity contribution in [1.82, 2.24) is 9.78 Å². The molecule has 1 aromatic heterocycles. The van der Waals surface area contributed by atoms with Crippen LogP contribution in [0.25, 0.3) is 16.9 Å². The Morgan fingerprint density at radius 1 is 1.05 bits per heavy atom. The summed E-state index contributed by atoms with van der Waals surface area (Å²) in [7, 11) is 0. The maximum absolute atomic E-state index is 6.21. The fourth-order valence-corrected chi connectivity index (χ4v) is 2.86. The van der Waals surface area contributed by atoms with Gasteiger partial charge in [-0.3, -0.25) is 0 Å². The number of nitrogens with two attached hydrogens (primary N) is 1. The molecular weight excluding hydrogens is 420 g/mol. The Morgan fingerprint density at radius 2 is 1.76 bits per heavy atom. The summed E-state index contributed by atoms with van der Waals surface area (Å²) in [5.74, 6) is 0. The van der Waals surface area contributed by atoms with Crippen LogP contribution < -0.4 is 5.73 Å². The van der Waals surface area contributed by atoms with Gasteiger partial charge in [0.25, 0.3) is 0 Å². The van der Waals surface area contributed by atoms with Crippen LogP contribution in [0.3, 0.4) is 0 Å². The summed E-state index contributed by atoms with van der Waals surface area (Å²) >= 11 is 14.4. The fraction of sp³-hybridized carbons (Fsp3) is 0. The average Bonchev–Trinajstić information content (AvgIpc) is 2.81. The highest BCUT2D eigenvalue weighted by molar-refractivity contribution is 14.1. The van der Waals surface area contributed by atoms with Crippen LogP contribution >= 0.6 is 45.8 Å². The average molecular weight is 430 g/mol. The van der Waals surface area contributed by atoms with Gasteiger partial charge in [0.15, 0.2) is 0 Å².